The molecule has 20 heavy (non-hydrogen) atoms. The molecule has 1 N–H and O–H groups in total. The fourth-order valence-corrected chi connectivity index (χ4v) is 2.67. The monoisotopic (exact) mass is 271 g/mol. The summed E-state index contributed by atoms with van der Waals surface area (Å²) in [4.78, 5) is 0. The van der Waals surface area contributed by atoms with Crippen LogP contribution in [0.15, 0.2) is 42.5 Å². The Balaban J connectivity index is 1.77. The van der Waals surface area contributed by atoms with Crippen LogP contribution >= 0.6 is 0 Å². The highest BCUT2D eigenvalue weighted by Crippen LogP contribution is 2.34. The molecule has 0 radical (unpaired) electrons. The van der Waals surface area contributed by atoms with Crippen LogP contribution in [0.1, 0.15) is 29.2 Å². The van der Waals surface area contributed by atoms with Gasteiger partial charge < -0.3 is 10.1 Å². The third-order valence-corrected chi connectivity index (χ3v) is 3.77. The summed E-state index contributed by atoms with van der Waals surface area (Å²) in [5.41, 5.74) is 3.03. The van der Waals surface area contributed by atoms with E-state index in [4.69, 9.17) is 4.74 Å². The molecule has 0 bridgehead atoms. The van der Waals surface area contributed by atoms with E-state index in [1.54, 1.807) is 6.07 Å². The molecule has 0 amide bonds. The van der Waals surface area contributed by atoms with Crippen molar-refractivity contribution in [2.45, 2.75) is 25.9 Å². The van der Waals surface area contributed by atoms with E-state index in [1.807, 2.05) is 18.2 Å². The molecule has 3 heteroatoms. The second-order valence-electron chi connectivity index (χ2n) is 5.16. The molecule has 0 saturated carbocycles. The fourth-order valence-electron chi connectivity index (χ4n) is 2.67. The van der Waals surface area contributed by atoms with E-state index in [0.717, 1.165) is 17.7 Å². The number of nitrogens with one attached hydrogen (secondary N) is 1. The normalized spacial score (nSPS) is 17.4. The quantitative estimate of drug-likeness (QED) is 0.918. The van der Waals surface area contributed by atoms with E-state index >= 15 is 0 Å². The Hall–Kier alpha value is -1.87. The number of halogens is 1. The van der Waals surface area contributed by atoms with Crippen molar-refractivity contribution in [3.05, 3.63) is 65.0 Å². The first kappa shape index (κ1) is 13.1. The smallest absolute Gasteiger partial charge is 0.127 e. The number of aryl methyl sites for hydroxylation is 1. The van der Waals surface area contributed by atoms with Crippen molar-refractivity contribution in [1.82, 2.24) is 5.32 Å². The summed E-state index contributed by atoms with van der Waals surface area (Å²) in [6.07, 6.45) is 0.908. The van der Waals surface area contributed by atoms with Crippen molar-refractivity contribution in [3.63, 3.8) is 0 Å². The molecule has 2 aromatic rings. The highest BCUT2D eigenvalue weighted by molar-refractivity contribution is 5.43. The van der Waals surface area contributed by atoms with E-state index < -0.39 is 0 Å². The number of hydrogen-bond donors (Lipinski definition) is 1. The van der Waals surface area contributed by atoms with Gasteiger partial charge in [0.15, 0.2) is 0 Å². The van der Waals surface area contributed by atoms with Gasteiger partial charge in [-0.25, -0.2) is 4.39 Å². The predicted molar refractivity (Wildman–Crippen MR) is 77.3 cm³/mol. The lowest BCUT2D eigenvalue weighted by atomic mass is 9.98. The molecule has 1 aliphatic heterocycles. The Labute approximate surface area is 118 Å². The molecule has 1 heterocycles. The average molecular weight is 271 g/mol. The number of fused-ring (bicyclic) bond motifs is 1. The lowest BCUT2D eigenvalue weighted by molar-refractivity contribution is 0.250. The molecule has 3 rings (SSSR count). The first-order valence-corrected chi connectivity index (χ1v) is 6.95. The van der Waals surface area contributed by atoms with Crippen molar-refractivity contribution < 1.29 is 9.13 Å². The Kier molecular flexibility index (Phi) is 3.70. The molecule has 2 aromatic carbocycles. The summed E-state index contributed by atoms with van der Waals surface area (Å²) in [5.74, 6) is 0.821. The van der Waals surface area contributed by atoms with Crippen LogP contribution in [0.5, 0.6) is 5.75 Å². The van der Waals surface area contributed by atoms with Crippen LogP contribution in [0.25, 0.3) is 0 Å². The molecule has 0 aromatic heterocycles. The zero-order valence-electron chi connectivity index (χ0n) is 11.5. The van der Waals surface area contributed by atoms with Gasteiger partial charge in [-0.1, -0.05) is 36.4 Å². The van der Waals surface area contributed by atoms with Gasteiger partial charge >= 0.3 is 0 Å². The molecular formula is C17H18FNO. The number of benzene rings is 2. The standard InChI is InChI=1S/C17H18FNO/c1-12-5-4-7-14-16(9-10-20-17(12)14)19-11-13-6-2-3-8-15(13)18/h2-8,16,19H,9-11H2,1H3. The SMILES string of the molecule is Cc1cccc2c1OCCC2NCc1ccccc1F. The second-order valence-corrected chi connectivity index (χ2v) is 5.16. The van der Waals surface area contributed by atoms with Crippen molar-refractivity contribution in [1.29, 1.82) is 0 Å². The third kappa shape index (κ3) is 2.54. The van der Waals surface area contributed by atoms with Crippen LogP contribution in [-0.2, 0) is 6.54 Å². The van der Waals surface area contributed by atoms with Crippen molar-refractivity contribution in [2.75, 3.05) is 6.61 Å². The Morgan fingerprint density at radius 3 is 2.90 bits per heavy atom. The van der Waals surface area contributed by atoms with Crippen LogP contribution in [0, 0.1) is 12.7 Å². The third-order valence-electron chi connectivity index (χ3n) is 3.77. The van der Waals surface area contributed by atoms with Gasteiger partial charge in [-0.2, -0.15) is 0 Å². The minimum absolute atomic E-state index is 0.156. The summed E-state index contributed by atoms with van der Waals surface area (Å²) < 4.78 is 19.4. The molecule has 1 aliphatic rings. The van der Waals surface area contributed by atoms with Gasteiger partial charge in [0.25, 0.3) is 0 Å². The summed E-state index contributed by atoms with van der Waals surface area (Å²) in [6.45, 7) is 3.29. The van der Waals surface area contributed by atoms with Gasteiger partial charge in [0.05, 0.1) is 6.61 Å². The molecule has 1 unspecified atom stereocenters. The average Bonchev–Trinajstić information content (AvgIpc) is 2.47. The van der Waals surface area contributed by atoms with E-state index in [9.17, 15) is 4.39 Å². The minimum Gasteiger partial charge on any atom is -0.493 e. The summed E-state index contributed by atoms with van der Waals surface area (Å²) in [6, 6.07) is 13.3. The summed E-state index contributed by atoms with van der Waals surface area (Å²) in [7, 11) is 0. The Morgan fingerprint density at radius 2 is 2.05 bits per heavy atom. The maximum absolute atomic E-state index is 13.6. The Bertz CT molecular complexity index is 612. The molecule has 2 nitrogen and oxygen atoms in total. The maximum atomic E-state index is 13.6. The summed E-state index contributed by atoms with van der Waals surface area (Å²) in [5, 5.41) is 3.44. The van der Waals surface area contributed by atoms with E-state index in [1.165, 1.54) is 11.6 Å². The van der Waals surface area contributed by atoms with Crippen LogP contribution in [0.2, 0.25) is 0 Å². The molecule has 104 valence electrons. The lowest BCUT2D eigenvalue weighted by Crippen LogP contribution is -2.27. The van der Waals surface area contributed by atoms with Crippen molar-refractivity contribution in [3.8, 4) is 5.75 Å². The van der Waals surface area contributed by atoms with Gasteiger partial charge in [-0.05, 0) is 18.6 Å². The van der Waals surface area contributed by atoms with Crippen LogP contribution in [0.4, 0.5) is 4.39 Å². The number of para-hydroxylation sites is 1. The van der Waals surface area contributed by atoms with Gasteiger partial charge in [-0.15, -0.1) is 0 Å². The molecule has 0 spiro atoms. The maximum Gasteiger partial charge on any atom is 0.127 e. The lowest BCUT2D eigenvalue weighted by Gasteiger charge is -2.28. The van der Waals surface area contributed by atoms with Crippen molar-refractivity contribution >= 4 is 0 Å². The zero-order valence-corrected chi connectivity index (χ0v) is 11.5. The Morgan fingerprint density at radius 1 is 1.20 bits per heavy atom. The number of hydrogen-bond acceptors (Lipinski definition) is 2. The van der Waals surface area contributed by atoms with Gasteiger partial charge in [0.1, 0.15) is 11.6 Å². The highest BCUT2D eigenvalue weighted by Gasteiger charge is 2.22. The van der Waals surface area contributed by atoms with Gasteiger partial charge in [0, 0.05) is 30.1 Å². The van der Waals surface area contributed by atoms with Crippen LogP contribution < -0.4 is 10.1 Å². The molecular weight excluding hydrogens is 253 g/mol. The second kappa shape index (κ2) is 5.63. The predicted octanol–water partition coefficient (Wildman–Crippen LogP) is 3.75. The van der Waals surface area contributed by atoms with E-state index in [-0.39, 0.29) is 11.9 Å². The first-order chi connectivity index (χ1) is 9.75. The minimum atomic E-state index is -0.156. The largest absolute Gasteiger partial charge is 0.493 e. The van der Waals surface area contributed by atoms with E-state index in [2.05, 4.69) is 24.4 Å². The fraction of sp³-hybridized carbons (Fsp3) is 0.294. The highest BCUT2D eigenvalue weighted by atomic mass is 19.1. The number of rotatable bonds is 3. The van der Waals surface area contributed by atoms with Crippen molar-refractivity contribution in [2.24, 2.45) is 0 Å². The van der Waals surface area contributed by atoms with Gasteiger partial charge in [0.2, 0.25) is 0 Å². The molecule has 0 fully saturated rings. The van der Waals surface area contributed by atoms with Crippen LogP contribution in [0.3, 0.4) is 0 Å². The first-order valence-electron chi connectivity index (χ1n) is 6.95. The zero-order chi connectivity index (χ0) is 13.9. The molecule has 0 saturated heterocycles. The number of ether oxygens (including phenoxy) is 1. The van der Waals surface area contributed by atoms with Crippen LogP contribution in [-0.4, -0.2) is 6.61 Å². The van der Waals surface area contributed by atoms with Gasteiger partial charge in [-0.3, -0.25) is 0 Å². The summed E-state index contributed by atoms with van der Waals surface area (Å²) >= 11 is 0. The van der Waals surface area contributed by atoms with E-state index in [0.29, 0.717) is 18.7 Å². The topological polar surface area (TPSA) is 21.3 Å². The molecule has 0 aliphatic carbocycles. The molecule has 1 atom stereocenters.